The predicted octanol–water partition coefficient (Wildman–Crippen LogP) is 1.85. The first-order valence-corrected chi connectivity index (χ1v) is 7.78. The van der Waals surface area contributed by atoms with Gasteiger partial charge in [-0.05, 0) is 19.4 Å². The number of nitrogens with one attached hydrogen (secondary N) is 1. The molecule has 5 heteroatoms. The molecule has 1 N–H and O–H groups in total. The third-order valence-electron chi connectivity index (χ3n) is 2.92. The SMILES string of the molecule is C=CCS(=O)(=O)C(C)C(=O)NC(C)c1ccccc1. The van der Waals surface area contributed by atoms with E-state index in [1.54, 1.807) is 0 Å². The van der Waals surface area contributed by atoms with E-state index in [-0.39, 0.29) is 11.8 Å². The van der Waals surface area contributed by atoms with E-state index < -0.39 is 21.0 Å². The fourth-order valence-electron chi connectivity index (χ4n) is 1.63. The number of amides is 1. The number of benzene rings is 1. The van der Waals surface area contributed by atoms with Crippen molar-refractivity contribution in [2.24, 2.45) is 0 Å². The van der Waals surface area contributed by atoms with E-state index in [4.69, 9.17) is 0 Å². The predicted molar refractivity (Wildman–Crippen MR) is 76.4 cm³/mol. The maximum atomic E-state index is 11.9. The van der Waals surface area contributed by atoms with E-state index >= 15 is 0 Å². The van der Waals surface area contributed by atoms with Gasteiger partial charge in [-0.3, -0.25) is 4.79 Å². The second-order valence-electron chi connectivity index (χ2n) is 4.40. The number of carbonyl (C=O) groups is 1. The molecular formula is C14H19NO3S. The van der Waals surface area contributed by atoms with Crippen LogP contribution in [0.5, 0.6) is 0 Å². The Bertz CT molecular complexity index is 537. The van der Waals surface area contributed by atoms with Crippen molar-refractivity contribution in [3.63, 3.8) is 0 Å². The lowest BCUT2D eigenvalue weighted by atomic mass is 10.1. The summed E-state index contributed by atoms with van der Waals surface area (Å²) < 4.78 is 23.5. The molecule has 4 nitrogen and oxygen atoms in total. The minimum absolute atomic E-state index is 0.193. The summed E-state index contributed by atoms with van der Waals surface area (Å²) in [4.78, 5) is 11.9. The van der Waals surface area contributed by atoms with Gasteiger partial charge in [0.05, 0.1) is 11.8 Å². The molecular weight excluding hydrogens is 262 g/mol. The Morgan fingerprint density at radius 2 is 1.89 bits per heavy atom. The van der Waals surface area contributed by atoms with Crippen LogP contribution in [0.15, 0.2) is 43.0 Å². The summed E-state index contributed by atoms with van der Waals surface area (Å²) >= 11 is 0. The van der Waals surface area contributed by atoms with Gasteiger partial charge < -0.3 is 5.32 Å². The van der Waals surface area contributed by atoms with Crippen molar-refractivity contribution in [2.75, 3.05) is 5.75 Å². The summed E-state index contributed by atoms with van der Waals surface area (Å²) in [6, 6.07) is 9.16. The highest BCUT2D eigenvalue weighted by atomic mass is 32.2. The molecule has 0 heterocycles. The molecule has 19 heavy (non-hydrogen) atoms. The molecule has 0 bridgehead atoms. The number of rotatable bonds is 6. The van der Waals surface area contributed by atoms with Crippen LogP contribution in [-0.2, 0) is 14.6 Å². The van der Waals surface area contributed by atoms with Gasteiger partial charge in [-0.2, -0.15) is 0 Å². The Kier molecular flexibility index (Phi) is 5.30. The second-order valence-corrected chi connectivity index (χ2v) is 6.77. The summed E-state index contributed by atoms with van der Waals surface area (Å²) in [5, 5.41) is 1.64. The average molecular weight is 281 g/mol. The Morgan fingerprint density at radius 1 is 1.32 bits per heavy atom. The van der Waals surface area contributed by atoms with Crippen LogP contribution in [0.3, 0.4) is 0 Å². The summed E-state index contributed by atoms with van der Waals surface area (Å²) in [7, 11) is -3.47. The molecule has 0 saturated carbocycles. The van der Waals surface area contributed by atoms with Crippen LogP contribution in [0.2, 0.25) is 0 Å². The van der Waals surface area contributed by atoms with Crippen molar-refractivity contribution in [3.8, 4) is 0 Å². The lowest BCUT2D eigenvalue weighted by Crippen LogP contribution is -2.39. The van der Waals surface area contributed by atoms with Crippen LogP contribution >= 0.6 is 0 Å². The standard InChI is InChI=1S/C14H19NO3S/c1-4-10-19(17,18)12(3)14(16)15-11(2)13-8-6-5-7-9-13/h4-9,11-12H,1,10H2,2-3H3,(H,15,16). The van der Waals surface area contributed by atoms with Crippen molar-refractivity contribution in [3.05, 3.63) is 48.6 Å². The van der Waals surface area contributed by atoms with Crippen LogP contribution in [-0.4, -0.2) is 25.3 Å². The van der Waals surface area contributed by atoms with Crippen molar-refractivity contribution in [2.45, 2.75) is 25.1 Å². The van der Waals surface area contributed by atoms with Gasteiger partial charge in [0.1, 0.15) is 5.25 Å². The molecule has 1 aromatic carbocycles. The normalized spacial score (nSPS) is 14.4. The maximum absolute atomic E-state index is 11.9. The van der Waals surface area contributed by atoms with E-state index in [1.165, 1.54) is 13.0 Å². The highest BCUT2D eigenvalue weighted by Gasteiger charge is 2.27. The van der Waals surface area contributed by atoms with E-state index in [9.17, 15) is 13.2 Å². The van der Waals surface area contributed by atoms with E-state index in [0.29, 0.717) is 0 Å². The van der Waals surface area contributed by atoms with Crippen molar-refractivity contribution in [1.82, 2.24) is 5.32 Å². The zero-order chi connectivity index (χ0) is 14.5. The maximum Gasteiger partial charge on any atom is 0.238 e. The van der Waals surface area contributed by atoms with Crippen molar-refractivity contribution in [1.29, 1.82) is 0 Å². The van der Waals surface area contributed by atoms with Gasteiger partial charge >= 0.3 is 0 Å². The van der Waals surface area contributed by atoms with Gasteiger partial charge in [0.15, 0.2) is 9.84 Å². The fourth-order valence-corrected chi connectivity index (χ4v) is 2.64. The lowest BCUT2D eigenvalue weighted by Gasteiger charge is -2.17. The largest absolute Gasteiger partial charge is 0.348 e. The van der Waals surface area contributed by atoms with Gasteiger partial charge in [-0.1, -0.05) is 36.4 Å². The first-order chi connectivity index (χ1) is 8.88. The van der Waals surface area contributed by atoms with E-state index in [0.717, 1.165) is 5.56 Å². The minimum atomic E-state index is -3.47. The van der Waals surface area contributed by atoms with Crippen LogP contribution < -0.4 is 5.32 Å². The van der Waals surface area contributed by atoms with Crippen LogP contribution in [0.4, 0.5) is 0 Å². The first kappa shape index (κ1) is 15.4. The van der Waals surface area contributed by atoms with Gasteiger partial charge in [0.25, 0.3) is 0 Å². The number of hydrogen-bond donors (Lipinski definition) is 1. The van der Waals surface area contributed by atoms with Crippen molar-refractivity contribution >= 4 is 15.7 Å². The van der Waals surface area contributed by atoms with Gasteiger partial charge in [-0.15, -0.1) is 6.58 Å². The zero-order valence-corrected chi connectivity index (χ0v) is 12.0. The average Bonchev–Trinajstić information content (AvgIpc) is 2.38. The molecule has 2 atom stereocenters. The Labute approximate surface area is 114 Å². The Balaban J connectivity index is 2.73. The molecule has 0 aromatic heterocycles. The van der Waals surface area contributed by atoms with E-state index in [1.807, 2.05) is 37.3 Å². The summed E-state index contributed by atoms with van der Waals surface area (Å²) in [5.41, 5.74) is 0.934. The smallest absolute Gasteiger partial charge is 0.238 e. The van der Waals surface area contributed by atoms with Gasteiger partial charge in [0.2, 0.25) is 5.91 Å². The molecule has 0 spiro atoms. The molecule has 1 aromatic rings. The lowest BCUT2D eigenvalue weighted by molar-refractivity contribution is -0.121. The van der Waals surface area contributed by atoms with Crippen molar-refractivity contribution < 1.29 is 13.2 Å². The van der Waals surface area contributed by atoms with Crippen LogP contribution in [0.1, 0.15) is 25.5 Å². The van der Waals surface area contributed by atoms with E-state index in [2.05, 4.69) is 11.9 Å². The molecule has 0 aliphatic rings. The first-order valence-electron chi connectivity index (χ1n) is 6.06. The molecule has 0 aliphatic heterocycles. The summed E-state index contributed by atoms with van der Waals surface area (Å²) in [5.74, 6) is -0.681. The third-order valence-corrected chi connectivity index (χ3v) is 4.91. The van der Waals surface area contributed by atoms with Crippen LogP contribution in [0, 0.1) is 0 Å². The molecule has 2 unspecified atom stereocenters. The Hall–Kier alpha value is -1.62. The second kappa shape index (κ2) is 6.52. The Morgan fingerprint density at radius 3 is 2.42 bits per heavy atom. The highest BCUT2D eigenvalue weighted by Crippen LogP contribution is 2.12. The quantitative estimate of drug-likeness (QED) is 0.809. The minimum Gasteiger partial charge on any atom is -0.348 e. The molecule has 0 saturated heterocycles. The molecule has 0 aliphatic carbocycles. The third kappa shape index (κ3) is 4.21. The van der Waals surface area contributed by atoms with Crippen LogP contribution in [0.25, 0.3) is 0 Å². The number of hydrogen-bond acceptors (Lipinski definition) is 3. The topological polar surface area (TPSA) is 63.2 Å². The zero-order valence-electron chi connectivity index (χ0n) is 11.2. The molecule has 0 fully saturated rings. The monoisotopic (exact) mass is 281 g/mol. The molecule has 1 rings (SSSR count). The summed E-state index contributed by atoms with van der Waals surface area (Å²) in [6.45, 7) is 6.60. The molecule has 0 radical (unpaired) electrons. The van der Waals surface area contributed by atoms with Gasteiger partial charge in [0, 0.05) is 0 Å². The highest BCUT2D eigenvalue weighted by molar-refractivity contribution is 7.92. The number of carbonyl (C=O) groups excluding carboxylic acids is 1. The molecule has 1 amide bonds. The van der Waals surface area contributed by atoms with Gasteiger partial charge in [-0.25, -0.2) is 8.42 Å². The molecule has 104 valence electrons. The fraction of sp³-hybridized carbons (Fsp3) is 0.357. The summed E-state index contributed by atoms with van der Waals surface area (Å²) in [6.07, 6.45) is 1.29. The number of sulfone groups is 1.